The molecule has 12 heteroatoms. The van der Waals surface area contributed by atoms with Gasteiger partial charge in [0.1, 0.15) is 10.7 Å². The summed E-state index contributed by atoms with van der Waals surface area (Å²) in [5.74, 6) is -0.105. The fourth-order valence-corrected chi connectivity index (χ4v) is 5.71. The summed E-state index contributed by atoms with van der Waals surface area (Å²) in [7, 11) is -3.64. The lowest BCUT2D eigenvalue weighted by Crippen LogP contribution is -2.36. The number of hydrogen-bond acceptors (Lipinski definition) is 5. The Hall–Kier alpha value is -2.99. The topological polar surface area (TPSA) is 141 Å². The summed E-state index contributed by atoms with van der Waals surface area (Å²) in [6.45, 7) is 2.56. The Morgan fingerprint density at radius 1 is 1.27 bits per heavy atom. The second-order valence-electron chi connectivity index (χ2n) is 8.66. The number of urea groups is 1. The maximum absolute atomic E-state index is 14.6. The van der Waals surface area contributed by atoms with E-state index in [1.165, 1.54) is 17.8 Å². The van der Waals surface area contributed by atoms with Gasteiger partial charge in [0, 0.05) is 25.1 Å². The van der Waals surface area contributed by atoms with Crippen LogP contribution < -0.4 is 20.5 Å². The maximum atomic E-state index is 14.6. The predicted octanol–water partition coefficient (Wildman–Crippen LogP) is 1.69. The van der Waals surface area contributed by atoms with Gasteiger partial charge in [-0.05, 0) is 54.4 Å². The summed E-state index contributed by atoms with van der Waals surface area (Å²) < 4.78 is 38.7. The number of hydrogen-bond donors (Lipinski definition) is 3. The molecule has 33 heavy (non-hydrogen) atoms. The summed E-state index contributed by atoms with van der Waals surface area (Å²) in [6.07, 6.45) is 4.76. The number of fused-ring (bicyclic) bond motifs is 3. The van der Waals surface area contributed by atoms with Gasteiger partial charge in [-0.15, -0.1) is 4.36 Å². The third-order valence-electron chi connectivity index (χ3n) is 6.39. The summed E-state index contributed by atoms with van der Waals surface area (Å²) >= 11 is 0. The Morgan fingerprint density at radius 2 is 1.97 bits per heavy atom. The first kappa shape index (κ1) is 21.8. The van der Waals surface area contributed by atoms with E-state index >= 15 is 0 Å². The molecule has 0 bridgehead atoms. The predicted molar refractivity (Wildman–Crippen MR) is 118 cm³/mol. The molecule has 0 saturated heterocycles. The third-order valence-corrected chi connectivity index (χ3v) is 7.74. The normalized spacial score (nSPS) is 19.8. The van der Waals surface area contributed by atoms with Crippen LogP contribution in [0.25, 0.3) is 0 Å². The zero-order valence-electron chi connectivity index (χ0n) is 18.1. The van der Waals surface area contributed by atoms with Gasteiger partial charge in [-0.3, -0.25) is 4.79 Å². The quantitative estimate of drug-likeness (QED) is 0.616. The zero-order valence-corrected chi connectivity index (χ0v) is 19.0. The third kappa shape index (κ3) is 3.86. The van der Waals surface area contributed by atoms with Crippen molar-refractivity contribution in [3.05, 3.63) is 34.3 Å². The van der Waals surface area contributed by atoms with Crippen LogP contribution >= 0.6 is 0 Å². The van der Waals surface area contributed by atoms with Crippen molar-refractivity contribution in [3.8, 4) is 5.88 Å². The van der Waals surface area contributed by atoms with Crippen LogP contribution in [0, 0.1) is 11.7 Å². The number of nitrogens with one attached hydrogen (secondary N) is 2. The lowest BCUT2D eigenvalue weighted by atomic mass is 9.83. The number of benzene rings is 1. The van der Waals surface area contributed by atoms with Crippen LogP contribution in [0.1, 0.15) is 35.6 Å². The molecule has 2 aliphatic carbocycles. The number of anilines is 1. The first-order chi connectivity index (χ1) is 15.7. The Kier molecular flexibility index (Phi) is 5.36. The van der Waals surface area contributed by atoms with Gasteiger partial charge < -0.3 is 15.4 Å². The van der Waals surface area contributed by atoms with Crippen molar-refractivity contribution in [2.75, 3.05) is 18.5 Å². The highest BCUT2D eigenvalue weighted by Gasteiger charge is 2.32. The number of carbonyl (C=O) groups is 2. The molecular formula is C21H25FN6O4S. The molecule has 4 N–H and O–H groups in total. The molecule has 3 amide bonds. The van der Waals surface area contributed by atoms with E-state index in [2.05, 4.69) is 20.1 Å². The molecule has 3 aliphatic rings. The molecule has 1 aliphatic heterocycles. The Labute approximate surface area is 190 Å². The van der Waals surface area contributed by atoms with E-state index < -0.39 is 15.9 Å². The molecule has 10 nitrogen and oxygen atoms in total. The van der Waals surface area contributed by atoms with Gasteiger partial charge in [0.25, 0.3) is 0 Å². The van der Waals surface area contributed by atoms with Crippen molar-refractivity contribution in [3.63, 3.8) is 0 Å². The Balaban J connectivity index is 1.38. The van der Waals surface area contributed by atoms with Gasteiger partial charge in [-0.2, -0.15) is 5.10 Å². The second-order valence-corrected chi connectivity index (χ2v) is 10.4. The van der Waals surface area contributed by atoms with Crippen LogP contribution in [0.3, 0.4) is 0 Å². The molecule has 2 unspecified atom stereocenters. The van der Waals surface area contributed by atoms with Crippen molar-refractivity contribution in [2.24, 2.45) is 15.4 Å². The van der Waals surface area contributed by atoms with Crippen molar-refractivity contribution >= 4 is 27.5 Å². The summed E-state index contributed by atoms with van der Waals surface area (Å²) in [4.78, 5) is 23.9. The molecule has 2 atom stereocenters. The van der Waals surface area contributed by atoms with Crippen molar-refractivity contribution in [2.45, 2.75) is 50.5 Å². The number of carbonyl (C=O) groups excluding carboxylic acids is 2. The number of amides is 3. The zero-order chi connectivity index (χ0) is 23.3. The van der Waals surface area contributed by atoms with Gasteiger partial charge in [0.15, 0.2) is 9.92 Å². The van der Waals surface area contributed by atoms with Gasteiger partial charge in [0.2, 0.25) is 11.8 Å². The maximum Gasteiger partial charge on any atom is 0.354 e. The van der Waals surface area contributed by atoms with Crippen LogP contribution in [0.15, 0.2) is 15.5 Å². The molecular weight excluding hydrogens is 451 g/mol. The number of ether oxygens (including phenoxy) is 1. The van der Waals surface area contributed by atoms with E-state index in [-0.39, 0.29) is 35.0 Å². The molecule has 0 fully saturated rings. The van der Waals surface area contributed by atoms with Gasteiger partial charge in [-0.1, -0.05) is 0 Å². The largest absolute Gasteiger partial charge is 0.476 e. The Bertz CT molecular complexity index is 1300. The average molecular weight is 477 g/mol. The second kappa shape index (κ2) is 8.10. The molecule has 176 valence electrons. The molecule has 5 rings (SSSR count). The van der Waals surface area contributed by atoms with E-state index in [9.17, 15) is 18.2 Å². The van der Waals surface area contributed by atoms with Gasteiger partial charge >= 0.3 is 6.03 Å². The van der Waals surface area contributed by atoms with Crippen LogP contribution in [0.5, 0.6) is 5.88 Å². The lowest BCUT2D eigenvalue weighted by molar-refractivity contribution is -0.119. The summed E-state index contributed by atoms with van der Waals surface area (Å²) in [5.41, 5.74) is 3.48. The lowest BCUT2D eigenvalue weighted by Gasteiger charge is -2.26. The molecule has 0 spiro atoms. The van der Waals surface area contributed by atoms with Gasteiger partial charge in [0.05, 0.1) is 19.3 Å². The van der Waals surface area contributed by atoms with E-state index in [1.54, 1.807) is 0 Å². The van der Waals surface area contributed by atoms with Crippen molar-refractivity contribution in [1.82, 2.24) is 15.1 Å². The minimum absolute atomic E-state index is 0.0121. The minimum Gasteiger partial charge on any atom is -0.476 e. The number of nitrogens with two attached hydrogens (primary N) is 1. The molecule has 0 radical (unpaired) electrons. The fourth-order valence-electron chi connectivity index (χ4n) is 4.71. The average Bonchev–Trinajstić information content (AvgIpc) is 3.37. The van der Waals surface area contributed by atoms with Crippen molar-refractivity contribution < 1.29 is 22.9 Å². The SMILES string of the molecule is CC(=O)NCC1COc2c(S(N)(=O)=NC(=O)Nc3c4c(c(F)c5c3CC5)CCC4)cnn2C1. The standard InChI is InChI=1S/C21H25FN6O4S/c1-11(29)24-7-12-9-28-20(32-10-12)17(8-25-28)33(23,31)27-21(30)26-19-15-4-2-3-13(15)18(22)14-5-6-16(14)19/h8,12H,2-7,9-10H2,1H3,(H,24,29)(H3,23,26,27,30,31). The highest BCUT2D eigenvalue weighted by Crippen LogP contribution is 2.42. The summed E-state index contributed by atoms with van der Waals surface area (Å²) in [5, 5.41) is 15.6. The molecule has 2 heterocycles. The molecule has 1 aromatic carbocycles. The van der Waals surface area contributed by atoms with E-state index in [0.29, 0.717) is 55.6 Å². The number of nitrogens with zero attached hydrogens (tertiary/aromatic N) is 3. The summed E-state index contributed by atoms with van der Waals surface area (Å²) in [6, 6.07) is -0.850. The monoisotopic (exact) mass is 476 g/mol. The number of halogens is 1. The molecule has 2 aromatic rings. The van der Waals surface area contributed by atoms with E-state index in [4.69, 9.17) is 9.88 Å². The van der Waals surface area contributed by atoms with Crippen LogP contribution in [0.2, 0.25) is 0 Å². The minimum atomic E-state index is -3.64. The number of aromatic nitrogens is 2. The highest BCUT2D eigenvalue weighted by atomic mass is 32.2. The van der Waals surface area contributed by atoms with Gasteiger partial charge in [-0.25, -0.2) is 23.2 Å². The molecule has 1 aromatic heterocycles. The smallest absolute Gasteiger partial charge is 0.354 e. The van der Waals surface area contributed by atoms with Crippen LogP contribution in [-0.2, 0) is 46.9 Å². The number of rotatable bonds is 4. The molecule has 0 saturated carbocycles. The van der Waals surface area contributed by atoms with Crippen molar-refractivity contribution in [1.29, 1.82) is 0 Å². The van der Waals surface area contributed by atoms with E-state index in [1.807, 2.05) is 0 Å². The van der Waals surface area contributed by atoms with E-state index in [0.717, 1.165) is 17.5 Å². The van der Waals surface area contributed by atoms with Crippen LogP contribution in [0.4, 0.5) is 14.9 Å². The van der Waals surface area contributed by atoms with Crippen LogP contribution in [-0.4, -0.2) is 39.1 Å². The first-order valence-corrected chi connectivity index (χ1v) is 12.5. The first-order valence-electron chi connectivity index (χ1n) is 10.9. The highest BCUT2D eigenvalue weighted by molar-refractivity contribution is 7.91. The fraction of sp³-hybridized carbons (Fsp3) is 0.476. The Morgan fingerprint density at radius 3 is 2.70 bits per heavy atom.